The van der Waals surface area contributed by atoms with Gasteiger partial charge in [0.25, 0.3) is 0 Å². The molecule has 1 aromatic rings. The Bertz CT molecular complexity index is 683. The second-order valence-electron chi connectivity index (χ2n) is 8.43. The lowest BCUT2D eigenvalue weighted by Gasteiger charge is -2.35. The smallest absolute Gasteiger partial charge is 0.224 e. The first-order chi connectivity index (χ1) is 13.7. The average molecular weight is 407 g/mol. The molecule has 0 radical (unpaired) electrons. The largest absolute Gasteiger partial charge is 0.486 e. The predicted octanol–water partition coefficient (Wildman–Crippen LogP) is 3.81. The number of amides is 1. The van der Waals surface area contributed by atoms with Crippen molar-refractivity contribution in [2.75, 3.05) is 32.8 Å². The Morgan fingerprint density at radius 1 is 1.07 bits per heavy atom. The van der Waals surface area contributed by atoms with Gasteiger partial charge in [-0.05, 0) is 49.3 Å². The fraction of sp³-hybridized carbons (Fsp3) is 0.682. The number of carbonyl (C=O) groups excluding carboxylic acids is 1. The normalized spacial score (nSPS) is 21.5. The number of nitrogens with zero attached hydrogens (tertiary/aromatic N) is 1. The van der Waals surface area contributed by atoms with Crippen molar-refractivity contribution in [3.05, 3.63) is 22.7 Å². The van der Waals surface area contributed by atoms with Gasteiger partial charge in [-0.1, -0.05) is 30.9 Å². The van der Waals surface area contributed by atoms with Crippen LogP contribution in [0.1, 0.15) is 50.5 Å². The van der Waals surface area contributed by atoms with E-state index < -0.39 is 0 Å². The Balaban J connectivity index is 1.23. The van der Waals surface area contributed by atoms with Crippen LogP contribution in [0, 0.1) is 5.92 Å². The molecule has 2 heterocycles. The van der Waals surface area contributed by atoms with E-state index in [1.54, 1.807) is 6.07 Å². The van der Waals surface area contributed by atoms with Crippen LogP contribution in [0.5, 0.6) is 11.5 Å². The van der Waals surface area contributed by atoms with Gasteiger partial charge >= 0.3 is 0 Å². The summed E-state index contributed by atoms with van der Waals surface area (Å²) in [7, 11) is 0. The van der Waals surface area contributed by atoms with Crippen molar-refractivity contribution in [1.82, 2.24) is 10.2 Å². The number of hydrogen-bond donors (Lipinski definition) is 1. The summed E-state index contributed by atoms with van der Waals surface area (Å²) in [5, 5.41) is 3.72. The fourth-order valence-electron chi connectivity index (χ4n) is 4.73. The first kappa shape index (κ1) is 19.8. The first-order valence-electron chi connectivity index (χ1n) is 10.8. The number of piperidine rings is 1. The maximum Gasteiger partial charge on any atom is 0.224 e. The van der Waals surface area contributed by atoms with E-state index in [0.717, 1.165) is 37.4 Å². The van der Waals surface area contributed by atoms with Crippen LogP contribution in [-0.4, -0.2) is 49.7 Å². The van der Waals surface area contributed by atoms with Crippen molar-refractivity contribution >= 4 is 17.5 Å². The van der Waals surface area contributed by atoms with Gasteiger partial charge in [0.15, 0.2) is 11.5 Å². The molecule has 6 heteroatoms. The molecule has 1 N–H and O–H groups in total. The molecule has 4 rings (SSSR count). The molecular weight excluding hydrogens is 376 g/mol. The van der Waals surface area contributed by atoms with Gasteiger partial charge in [-0.3, -0.25) is 4.79 Å². The molecule has 1 saturated carbocycles. The van der Waals surface area contributed by atoms with Gasteiger partial charge in [-0.15, -0.1) is 0 Å². The van der Waals surface area contributed by atoms with Crippen LogP contribution in [-0.2, 0) is 11.2 Å². The lowest BCUT2D eigenvalue weighted by Crippen LogP contribution is -2.46. The Hall–Kier alpha value is -1.46. The van der Waals surface area contributed by atoms with Gasteiger partial charge in [0.05, 0.1) is 11.4 Å². The number of halogens is 1. The number of benzene rings is 1. The van der Waals surface area contributed by atoms with E-state index in [4.69, 9.17) is 21.1 Å². The van der Waals surface area contributed by atoms with E-state index in [1.807, 2.05) is 6.07 Å². The zero-order chi connectivity index (χ0) is 19.3. The highest BCUT2D eigenvalue weighted by atomic mass is 35.5. The van der Waals surface area contributed by atoms with Crippen LogP contribution in [0.2, 0.25) is 5.02 Å². The second kappa shape index (κ2) is 9.36. The van der Waals surface area contributed by atoms with Crippen molar-refractivity contribution in [3.63, 3.8) is 0 Å². The number of rotatable bonds is 5. The summed E-state index contributed by atoms with van der Waals surface area (Å²) in [5.74, 6) is 2.17. The molecule has 1 aliphatic carbocycles. The Labute approximate surface area is 172 Å². The molecule has 28 heavy (non-hydrogen) atoms. The van der Waals surface area contributed by atoms with Gasteiger partial charge in [-0.2, -0.15) is 0 Å². The molecule has 3 aliphatic rings. The van der Waals surface area contributed by atoms with Crippen LogP contribution in [0.25, 0.3) is 0 Å². The quantitative estimate of drug-likeness (QED) is 0.807. The van der Waals surface area contributed by atoms with Crippen molar-refractivity contribution < 1.29 is 14.3 Å². The summed E-state index contributed by atoms with van der Waals surface area (Å²) < 4.78 is 11.1. The Kier molecular flexibility index (Phi) is 6.63. The van der Waals surface area contributed by atoms with Crippen LogP contribution in [0.3, 0.4) is 0 Å². The standard InChI is InChI=1S/C22H31ClN2O3/c23-19-12-17(13-20-22(19)28-11-10-27-20)14-21(26)24-18-6-8-25(9-7-18)15-16-4-2-1-3-5-16/h12-13,16,18H,1-11,14-15H2,(H,24,26). The van der Waals surface area contributed by atoms with Crippen LogP contribution < -0.4 is 14.8 Å². The second-order valence-corrected chi connectivity index (χ2v) is 8.83. The van der Waals surface area contributed by atoms with Crippen molar-refractivity contribution in [2.45, 2.75) is 57.4 Å². The predicted molar refractivity (Wildman–Crippen MR) is 110 cm³/mol. The van der Waals surface area contributed by atoms with Crippen molar-refractivity contribution in [1.29, 1.82) is 0 Å². The zero-order valence-electron chi connectivity index (χ0n) is 16.6. The van der Waals surface area contributed by atoms with Crippen LogP contribution >= 0.6 is 11.6 Å². The van der Waals surface area contributed by atoms with Gasteiger partial charge in [0.2, 0.25) is 5.91 Å². The minimum atomic E-state index is 0.0541. The molecule has 0 atom stereocenters. The summed E-state index contributed by atoms with van der Waals surface area (Å²) in [6.07, 6.45) is 9.42. The third-order valence-electron chi connectivity index (χ3n) is 6.22. The summed E-state index contributed by atoms with van der Waals surface area (Å²) in [6.45, 7) is 4.45. The van der Waals surface area contributed by atoms with Crippen molar-refractivity contribution in [2.24, 2.45) is 5.92 Å². The molecule has 0 unspecified atom stereocenters. The lowest BCUT2D eigenvalue weighted by molar-refractivity contribution is -0.121. The highest BCUT2D eigenvalue weighted by Gasteiger charge is 2.24. The molecule has 2 aliphatic heterocycles. The van der Waals surface area contributed by atoms with Gasteiger partial charge in [0.1, 0.15) is 13.2 Å². The molecule has 0 aromatic heterocycles. The summed E-state index contributed by atoms with van der Waals surface area (Å²) in [4.78, 5) is 15.1. The molecule has 154 valence electrons. The molecule has 2 fully saturated rings. The van der Waals surface area contributed by atoms with E-state index in [-0.39, 0.29) is 11.9 Å². The van der Waals surface area contributed by atoms with E-state index >= 15 is 0 Å². The molecule has 0 spiro atoms. The number of hydrogen-bond acceptors (Lipinski definition) is 4. The van der Waals surface area contributed by atoms with Gasteiger partial charge < -0.3 is 19.7 Å². The highest BCUT2D eigenvalue weighted by molar-refractivity contribution is 6.32. The molecule has 5 nitrogen and oxygen atoms in total. The third-order valence-corrected chi connectivity index (χ3v) is 6.50. The Morgan fingerprint density at radius 2 is 1.82 bits per heavy atom. The van der Waals surface area contributed by atoms with E-state index in [0.29, 0.717) is 36.2 Å². The Morgan fingerprint density at radius 3 is 2.61 bits per heavy atom. The monoisotopic (exact) mass is 406 g/mol. The molecule has 1 amide bonds. The number of nitrogens with one attached hydrogen (secondary N) is 1. The van der Waals surface area contributed by atoms with E-state index in [9.17, 15) is 4.79 Å². The fourth-order valence-corrected chi connectivity index (χ4v) is 5.01. The molecular formula is C22H31ClN2O3. The molecule has 1 aromatic carbocycles. The minimum Gasteiger partial charge on any atom is -0.486 e. The van der Waals surface area contributed by atoms with E-state index in [2.05, 4.69) is 10.2 Å². The highest BCUT2D eigenvalue weighted by Crippen LogP contribution is 2.38. The average Bonchev–Trinajstić information content (AvgIpc) is 2.70. The van der Waals surface area contributed by atoms with Crippen LogP contribution in [0.15, 0.2) is 12.1 Å². The lowest BCUT2D eigenvalue weighted by atomic mass is 9.88. The summed E-state index contributed by atoms with van der Waals surface area (Å²) in [6, 6.07) is 3.96. The van der Waals surface area contributed by atoms with Crippen LogP contribution in [0.4, 0.5) is 0 Å². The number of carbonyl (C=O) groups is 1. The van der Waals surface area contributed by atoms with Crippen molar-refractivity contribution in [3.8, 4) is 11.5 Å². The molecule has 1 saturated heterocycles. The number of fused-ring (bicyclic) bond motifs is 1. The van der Waals surface area contributed by atoms with E-state index in [1.165, 1.54) is 38.6 Å². The summed E-state index contributed by atoms with van der Waals surface area (Å²) in [5.41, 5.74) is 0.862. The first-order valence-corrected chi connectivity index (χ1v) is 11.1. The summed E-state index contributed by atoms with van der Waals surface area (Å²) >= 11 is 6.28. The maximum atomic E-state index is 12.5. The van der Waals surface area contributed by atoms with Gasteiger partial charge in [0, 0.05) is 25.7 Å². The van der Waals surface area contributed by atoms with Gasteiger partial charge in [-0.25, -0.2) is 0 Å². The number of likely N-dealkylation sites (tertiary alicyclic amines) is 1. The topological polar surface area (TPSA) is 50.8 Å². The molecule has 0 bridgehead atoms. The number of ether oxygens (including phenoxy) is 2. The maximum absolute atomic E-state index is 12.5. The minimum absolute atomic E-state index is 0.0541. The third kappa shape index (κ3) is 5.12. The zero-order valence-corrected chi connectivity index (χ0v) is 17.3. The SMILES string of the molecule is O=C(Cc1cc(Cl)c2c(c1)OCCO2)NC1CCN(CC2CCCCC2)CC1.